The molecule has 0 fully saturated rings. The summed E-state index contributed by atoms with van der Waals surface area (Å²) < 4.78 is 46.8. The number of halogens is 1. The Bertz CT molecular complexity index is 1510. The summed E-state index contributed by atoms with van der Waals surface area (Å²) in [6.45, 7) is 3.66. The van der Waals surface area contributed by atoms with Gasteiger partial charge in [-0.1, -0.05) is 24.3 Å². The molecule has 1 heterocycles. The second kappa shape index (κ2) is 9.66. The number of hydrogen-bond acceptors (Lipinski definition) is 6. The molecular formula is C23H20FN4NaO3S. The molecule has 3 aromatic carbocycles. The molecule has 0 aliphatic heterocycles. The molecule has 0 saturated carbocycles. The zero-order chi connectivity index (χ0) is 23.0. The molecule has 0 saturated heterocycles. The maximum absolute atomic E-state index is 13.4. The molecular weight excluding hydrogens is 454 g/mol. The SMILES string of the molecule is Cc1cc(F)ccc1-c1ncc(/N=N/c2cc(S(=O)(=O)O)c3ccccc3c2N)cc1C.[NaH]. The third kappa shape index (κ3) is 5.13. The van der Waals surface area contributed by atoms with E-state index in [1.807, 2.05) is 13.8 Å². The summed E-state index contributed by atoms with van der Waals surface area (Å²) in [7, 11) is -4.50. The number of nitrogens with two attached hydrogens (primary N) is 1. The standard InChI is InChI=1S/C23H19FN4O3S.Na.H/c1-13-9-15(24)7-8-17(13)23-14(2)10-16(12-26-23)27-28-20-11-21(32(29,30)31)18-5-3-4-6-19(18)22(20)25;;/h3-12H,25H2,1-2H3,(H,29,30,31);;/b28-27+;;. The molecule has 0 bridgehead atoms. The minimum absolute atomic E-state index is 0. The van der Waals surface area contributed by atoms with Crippen LogP contribution in [0.15, 0.2) is 75.9 Å². The van der Waals surface area contributed by atoms with Gasteiger partial charge in [-0.2, -0.15) is 8.42 Å². The van der Waals surface area contributed by atoms with E-state index in [-0.39, 0.29) is 51.6 Å². The van der Waals surface area contributed by atoms with Gasteiger partial charge in [0.2, 0.25) is 0 Å². The Balaban J connectivity index is 0.00000306. The van der Waals surface area contributed by atoms with Crippen LogP contribution in [0.3, 0.4) is 0 Å². The van der Waals surface area contributed by atoms with Crippen molar-refractivity contribution in [2.75, 3.05) is 5.73 Å². The molecule has 0 spiro atoms. The Kier molecular flexibility index (Phi) is 7.30. The van der Waals surface area contributed by atoms with Gasteiger partial charge < -0.3 is 5.73 Å². The summed E-state index contributed by atoms with van der Waals surface area (Å²) in [6, 6.07) is 14.0. The number of pyridine rings is 1. The van der Waals surface area contributed by atoms with Crippen LogP contribution < -0.4 is 5.73 Å². The van der Waals surface area contributed by atoms with Crippen LogP contribution in [-0.4, -0.2) is 47.5 Å². The van der Waals surface area contributed by atoms with E-state index >= 15 is 0 Å². The summed E-state index contributed by atoms with van der Waals surface area (Å²) in [6.07, 6.45) is 1.51. The number of anilines is 1. The van der Waals surface area contributed by atoms with Gasteiger partial charge in [-0.05, 0) is 55.3 Å². The fourth-order valence-electron chi connectivity index (χ4n) is 3.55. The first-order chi connectivity index (χ1) is 15.1. The molecule has 4 rings (SSSR count). The van der Waals surface area contributed by atoms with E-state index in [2.05, 4.69) is 15.2 Å². The summed E-state index contributed by atoms with van der Waals surface area (Å²) in [5.74, 6) is -0.313. The van der Waals surface area contributed by atoms with Crippen molar-refractivity contribution in [3.05, 3.63) is 77.7 Å². The number of azo groups is 1. The normalized spacial score (nSPS) is 11.6. The first-order valence-electron chi connectivity index (χ1n) is 9.59. The van der Waals surface area contributed by atoms with E-state index in [0.717, 1.165) is 16.7 Å². The molecule has 0 atom stereocenters. The molecule has 7 nitrogen and oxygen atoms in total. The number of nitrogens with zero attached hydrogens (tertiary/aromatic N) is 3. The van der Waals surface area contributed by atoms with Crippen LogP contribution in [0.2, 0.25) is 0 Å². The molecule has 4 aromatic rings. The number of fused-ring (bicyclic) bond motifs is 1. The van der Waals surface area contributed by atoms with Crippen molar-refractivity contribution in [2.24, 2.45) is 10.2 Å². The van der Waals surface area contributed by atoms with Gasteiger partial charge in [-0.25, -0.2) is 4.39 Å². The predicted octanol–water partition coefficient (Wildman–Crippen LogP) is 5.25. The topological polar surface area (TPSA) is 118 Å². The van der Waals surface area contributed by atoms with Gasteiger partial charge >= 0.3 is 29.6 Å². The van der Waals surface area contributed by atoms with Crippen LogP contribution in [0, 0.1) is 19.7 Å². The third-order valence-corrected chi connectivity index (χ3v) is 5.98. The van der Waals surface area contributed by atoms with E-state index in [4.69, 9.17) is 5.73 Å². The molecule has 10 heteroatoms. The van der Waals surface area contributed by atoms with Crippen LogP contribution in [-0.2, 0) is 10.1 Å². The average Bonchev–Trinajstić information content (AvgIpc) is 2.73. The van der Waals surface area contributed by atoms with Crippen LogP contribution in [0.5, 0.6) is 0 Å². The summed E-state index contributed by atoms with van der Waals surface area (Å²) >= 11 is 0. The van der Waals surface area contributed by atoms with Crippen molar-refractivity contribution >= 4 is 67.5 Å². The molecule has 0 aliphatic rings. The van der Waals surface area contributed by atoms with Crippen LogP contribution in [0.1, 0.15) is 11.1 Å². The van der Waals surface area contributed by atoms with Crippen LogP contribution >= 0.6 is 0 Å². The van der Waals surface area contributed by atoms with Crippen molar-refractivity contribution < 1.29 is 17.4 Å². The number of rotatable bonds is 4. The summed E-state index contributed by atoms with van der Waals surface area (Å²) in [5, 5.41) is 8.99. The van der Waals surface area contributed by atoms with Gasteiger partial charge in [0.15, 0.2) is 0 Å². The fraction of sp³-hybridized carbons (Fsp3) is 0.0870. The van der Waals surface area contributed by atoms with Gasteiger partial charge in [0, 0.05) is 16.3 Å². The molecule has 0 amide bonds. The Labute approximate surface area is 212 Å². The molecule has 0 radical (unpaired) electrons. The quantitative estimate of drug-likeness (QED) is 0.181. The molecule has 164 valence electrons. The Morgan fingerprint density at radius 3 is 2.30 bits per heavy atom. The van der Waals surface area contributed by atoms with E-state index in [1.165, 1.54) is 24.4 Å². The predicted molar refractivity (Wildman–Crippen MR) is 129 cm³/mol. The first-order valence-corrected chi connectivity index (χ1v) is 11.0. The van der Waals surface area contributed by atoms with E-state index in [1.54, 1.807) is 36.4 Å². The van der Waals surface area contributed by atoms with Crippen molar-refractivity contribution in [1.29, 1.82) is 0 Å². The van der Waals surface area contributed by atoms with E-state index in [0.29, 0.717) is 22.2 Å². The van der Waals surface area contributed by atoms with Crippen molar-refractivity contribution in [3.63, 3.8) is 0 Å². The number of nitrogen functional groups attached to an aromatic ring is 1. The van der Waals surface area contributed by atoms with E-state index < -0.39 is 10.1 Å². The van der Waals surface area contributed by atoms with E-state index in [9.17, 15) is 17.4 Å². The van der Waals surface area contributed by atoms with Gasteiger partial charge in [-0.15, -0.1) is 10.2 Å². The van der Waals surface area contributed by atoms with Crippen LogP contribution in [0.4, 0.5) is 21.5 Å². The number of hydrogen-bond donors (Lipinski definition) is 2. The first kappa shape index (κ1) is 24.9. The average molecular weight is 474 g/mol. The Hall–Kier alpha value is -2.69. The maximum atomic E-state index is 13.4. The Morgan fingerprint density at radius 1 is 0.970 bits per heavy atom. The zero-order valence-electron chi connectivity index (χ0n) is 17.2. The molecule has 0 unspecified atom stereocenters. The van der Waals surface area contributed by atoms with Crippen molar-refractivity contribution in [2.45, 2.75) is 18.7 Å². The second-order valence-electron chi connectivity index (χ2n) is 7.35. The van der Waals surface area contributed by atoms with Gasteiger partial charge in [-0.3, -0.25) is 9.54 Å². The zero-order valence-corrected chi connectivity index (χ0v) is 18.1. The summed E-state index contributed by atoms with van der Waals surface area (Å²) in [4.78, 5) is 4.14. The van der Waals surface area contributed by atoms with Gasteiger partial charge in [0.05, 0.1) is 17.6 Å². The minimum atomic E-state index is -4.50. The number of aromatic nitrogens is 1. The third-order valence-electron chi connectivity index (χ3n) is 5.08. The molecule has 0 aliphatic carbocycles. The summed E-state index contributed by atoms with van der Waals surface area (Å²) in [5.41, 5.74) is 10.0. The molecule has 33 heavy (non-hydrogen) atoms. The van der Waals surface area contributed by atoms with Crippen LogP contribution in [0.25, 0.3) is 22.0 Å². The number of aryl methyl sites for hydroxylation is 2. The fourth-order valence-corrected chi connectivity index (χ4v) is 4.26. The van der Waals surface area contributed by atoms with Gasteiger partial charge in [0.25, 0.3) is 10.1 Å². The second-order valence-corrected chi connectivity index (χ2v) is 8.74. The van der Waals surface area contributed by atoms with Gasteiger partial charge in [0.1, 0.15) is 22.1 Å². The van der Waals surface area contributed by atoms with Crippen molar-refractivity contribution in [3.8, 4) is 11.3 Å². The van der Waals surface area contributed by atoms with Crippen molar-refractivity contribution in [1.82, 2.24) is 4.98 Å². The number of benzene rings is 3. The molecule has 1 aromatic heterocycles. The molecule has 3 N–H and O–H groups in total. The Morgan fingerprint density at radius 2 is 1.67 bits per heavy atom. The monoisotopic (exact) mass is 474 g/mol.